The average molecular weight is 445 g/mol. The first-order chi connectivity index (χ1) is 13.2. The van der Waals surface area contributed by atoms with Crippen molar-refractivity contribution in [1.29, 1.82) is 0 Å². The number of hydrogen-bond donors (Lipinski definition) is 1. The van der Waals surface area contributed by atoms with Crippen LogP contribution in [0.1, 0.15) is 24.7 Å². The number of hydrogen-bond acceptors (Lipinski definition) is 5. The van der Waals surface area contributed by atoms with Gasteiger partial charge in [0, 0.05) is 17.3 Å². The number of nitrogens with zero attached hydrogens (tertiary/aromatic N) is 1. The highest BCUT2D eigenvalue weighted by atomic mass is 35.5. The lowest BCUT2D eigenvalue weighted by atomic mass is 10.1. The Hall–Kier alpha value is -1.64. The van der Waals surface area contributed by atoms with Crippen LogP contribution >= 0.6 is 23.4 Å². The first-order valence-corrected chi connectivity index (χ1v) is 12.3. The van der Waals surface area contributed by atoms with Gasteiger partial charge in [-0.15, -0.1) is 0 Å². The molecule has 0 radical (unpaired) electrons. The Bertz CT molecular complexity index is 885. The molecule has 1 aromatic heterocycles. The lowest BCUT2D eigenvalue weighted by Gasteiger charge is -2.30. The van der Waals surface area contributed by atoms with Crippen molar-refractivity contribution in [2.24, 2.45) is 0 Å². The first-order valence-electron chi connectivity index (χ1n) is 8.87. The fourth-order valence-corrected chi connectivity index (χ4v) is 4.85. The zero-order valence-electron chi connectivity index (χ0n) is 16.1. The molecule has 1 heterocycles. The van der Waals surface area contributed by atoms with E-state index in [1.54, 1.807) is 43.1 Å². The van der Waals surface area contributed by atoms with Crippen molar-refractivity contribution in [2.75, 3.05) is 22.9 Å². The molecule has 0 aliphatic carbocycles. The third-order valence-electron chi connectivity index (χ3n) is 4.11. The van der Waals surface area contributed by atoms with E-state index in [2.05, 4.69) is 5.32 Å². The monoisotopic (exact) mass is 444 g/mol. The van der Waals surface area contributed by atoms with Crippen LogP contribution in [-0.4, -0.2) is 38.9 Å². The summed E-state index contributed by atoms with van der Waals surface area (Å²) >= 11 is 7.79. The number of amides is 1. The number of aryl methyl sites for hydroxylation is 1. The van der Waals surface area contributed by atoms with Crippen molar-refractivity contribution in [3.63, 3.8) is 0 Å². The minimum Gasteiger partial charge on any atom is -0.468 e. The smallest absolute Gasteiger partial charge is 0.243 e. The number of sulfonamides is 1. The van der Waals surface area contributed by atoms with Crippen LogP contribution in [-0.2, 0) is 20.6 Å². The van der Waals surface area contributed by atoms with E-state index in [1.807, 2.05) is 19.1 Å². The molecule has 0 aliphatic rings. The SMILES string of the molecule is CCC(C(=O)NCCSCc1ccco1)N(c1ccc(C)c(Cl)c1)S(C)(=O)=O. The molecule has 154 valence electrons. The van der Waals surface area contributed by atoms with Gasteiger partial charge in [-0.3, -0.25) is 9.10 Å². The van der Waals surface area contributed by atoms with Crippen molar-refractivity contribution in [1.82, 2.24) is 5.32 Å². The summed E-state index contributed by atoms with van der Waals surface area (Å²) in [5, 5.41) is 3.29. The molecule has 0 saturated carbocycles. The van der Waals surface area contributed by atoms with E-state index in [1.165, 1.54) is 0 Å². The predicted octanol–water partition coefficient (Wildman–Crippen LogP) is 3.84. The highest BCUT2D eigenvalue weighted by molar-refractivity contribution is 7.98. The second-order valence-corrected chi connectivity index (χ2v) is 9.71. The van der Waals surface area contributed by atoms with E-state index in [9.17, 15) is 13.2 Å². The van der Waals surface area contributed by atoms with Crippen LogP contribution in [0, 0.1) is 6.92 Å². The van der Waals surface area contributed by atoms with Crippen LogP contribution in [0.5, 0.6) is 0 Å². The van der Waals surface area contributed by atoms with E-state index in [0.717, 1.165) is 27.6 Å². The summed E-state index contributed by atoms with van der Waals surface area (Å²) < 4.78 is 31.3. The van der Waals surface area contributed by atoms with Crippen LogP contribution in [0.25, 0.3) is 0 Å². The minimum absolute atomic E-state index is 0.330. The average Bonchev–Trinajstić information content (AvgIpc) is 3.14. The quantitative estimate of drug-likeness (QED) is 0.563. The van der Waals surface area contributed by atoms with Gasteiger partial charge in [-0.2, -0.15) is 11.8 Å². The summed E-state index contributed by atoms with van der Waals surface area (Å²) in [6.45, 7) is 4.05. The summed E-state index contributed by atoms with van der Waals surface area (Å²) in [6, 6.07) is 7.87. The molecule has 1 amide bonds. The molecule has 2 aromatic rings. The second-order valence-electron chi connectivity index (χ2n) is 6.34. The fourth-order valence-electron chi connectivity index (χ4n) is 2.71. The highest BCUT2D eigenvalue weighted by Gasteiger charge is 2.31. The zero-order chi connectivity index (χ0) is 20.7. The third kappa shape index (κ3) is 6.18. The van der Waals surface area contributed by atoms with E-state index in [4.69, 9.17) is 16.0 Å². The molecule has 0 aliphatic heterocycles. The number of furan rings is 1. The summed E-state index contributed by atoms with van der Waals surface area (Å²) in [5.74, 6) is 1.96. The number of carbonyl (C=O) groups is 1. The van der Waals surface area contributed by atoms with Crippen LogP contribution in [0.3, 0.4) is 0 Å². The second kappa shape index (κ2) is 10.2. The molecule has 1 unspecified atom stereocenters. The molecule has 9 heteroatoms. The lowest BCUT2D eigenvalue weighted by Crippen LogP contribution is -2.49. The lowest BCUT2D eigenvalue weighted by molar-refractivity contribution is -0.122. The molecule has 6 nitrogen and oxygen atoms in total. The number of benzene rings is 1. The molecule has 2 rings (SSSR count). The Morgan fingerprint density at radius 2 is 2.11 bits per heavy atom. The Morgan fingerprint density at radius 3 is 2.68 bits per heavy atom. The molecule has 1 aromatic carbocycles. The van der Waals surface area contributed by atoms with Gasteiger partial charge in [0.15, 0.2) is 0 Å². The molecule has 0 spiro atoms. The zero-order valence-corrected chi connectivity index (χ0v) is 18.5. The van der Waals surface area contributed by atoms with E-state index in [0.29, 0.717) is 29.4 Å². The number of halogens is 1. The molecule has 1 N–H and O–H groups in total. The van der Waals surface area contributed by atoms with E-state index >= 15 is 0 Å². The Labute approximate surface area is 175 Å². The molecule has 28 heavy (non-hydrogen) atoms. The van der Waals surface area contributed by atoms with Crippen LogP contribution in [0.15, 0.2) is 41.0 Å². The van der Waals surface area contributed by atoms with Crippen molar-refractivity contribution in [3.8, 4) is 0 Å². The molecule has 0 bridgehead atoms. The van der Waals surface area contributed by atoms with Crippen LogP contribution in [0.2, 0.25) is 5.02 Å². The first kappa shape index (κ1) is 22.6. The van der Waals surface area contributed by atoms with Crippen molar-refractivity contribution >= 4 is 45.0 Å². The summed E-state index contributed by atoms with van der Waals surface area (Å²) in [7, 11) is -3.67. The highest BCUT2D eigenvalue weighted by Crippen LogP contribution is 2.27. The number of nitrogens with one attached hydrogen (secondary N) is 1. The van der Waals surface area contributed by atoms with Gasteiger partial charge in [0.25, 0.3) is 0 Å². The van der Waals surface area contributed by atoms with Gasteiger partial charge in [-0.25, -0.2) is 8.42 Å². The summed E-state index contributed by atoms with van der Waals surface area (Å²) in [6.07, 6.45) is 3.06. The van der Waals surface area contributed by atoms with Gasteiger partial charge < -0.3 is 9.73 Å². The number of thioether (sulfide) groups is 1. The van der Waals surface area contributed by atoms with Crippen LogP contribution in [0.4, 0.5) is 5.69 Å². The van der Waals surface area contributed by atoms with Gasteiger partial charge in [-0.05, 0) is 43.2 Å². The molecule has 0 fully saturated rings. The maximum Gasteiger partial charge on any atom is 0.243 e. The number of anilines is 1. The van der Waals surface area contributed by atoms with Gasteiger partial charge >= 0.3 is 0 Å². The van der Waals surface area contributed by atoms with Crippen molar-refractivity contribution < 1.29 is 17.6 Å². The van der Waals surface area contributed by atoms with Gasteiger partial charge in [-0.1, -0.05) is 24.6 Å². The molecule has 1 atom stereocenters. The van der Waals surface area contributed by atoms with Gasteiger partial charge in [0.2, 0.25) is 15.9 Å². The molecular weight excluding hydrogens is 420 g/mol. The Balaban J connectivity index is 2.03. The van der Waals surface area contributed by atoms with Gasteiger partial charge in [0.05, 0.1) is 24.0 Å². The maximum absolute atomic E-state index is 12.7. The van der Waals surface area contributed by atoms with Crippen LogP contribution < -0.4 is 9.62 Å². The molecular formula is C19H25ClN2O4S2. The van der Waals surface area contributed by atoms with Crippen molar-refractivity contribution in [3.05, 3.63) is 52.9 Å². The predicted molar refractivity (Wildman–Crippen MR) is 115 cm³/mol. The topological polar surface area (TPSA) is 79.6 Å². The number of rotatable bonds is 10. The van der Waals surface area contributed by atoms with Gasteiger partial charge in [0.1, 0.15) is 11.8 Å². The number of carbonyl (C=O) groups excluding carboxylic acids is 1. The van der Waals surface area contributed by atoms with E-state index in [-0.39, 0.29) is 5.91 Å². The Morgan fingerprint density at radius 1 is 1.36 bits per heavy atom. The fraction of sp³-hybridized carbons (Fsp3) is 0.421. The minimum atomic E-state index is -3.67. The maximum atomic E-state index is 12.7. The summed E-state index contributed by atoms with van der Waals surface area (Å²) in [5.41, 5.74) is 1.22. The Kier molecular flexibility index (Phi) is 8.27. The van der Waals surface area contributed by atoms with Crippen molar-refractivity contribution in [2.45, 2.75) is 32.1 Å². The largest absolute Gasteiger partial charge is 0.468 e. The standard InChI is InChI=1S/C19H25ClN2O4S2/c1-4-18(19(23)21-9-11-27-13-16-6-5-10-26-16)22(28(3,24)25)15-8-7-14(2)17(20)12-15/h5-8,10,12,18H,4,9,11,13H2,1-3H3,(H,21,23). The third-order valence-corrected chi connectivity index (χ3v) is 6.68. The molecule has 0 saturated heterocycles. The summed E-state index contributed by atoms with van der Waals surface area (Å²) in [4.78, 5) is 12.7. The van der Waals surface area contributed by atoms with E-state index < -0.39 is 16.1 Å². The normalized spacial score (nSPS) is 12.6.